The molecule has 0 fully saturated rings. The number of hydrogen-bond donors (Lipinski definition) is 1. The molecule has 1 N–H and O–H groups in total. The summed E-state index contributed by atoms with van der Waals surface area (Å²) in [6, 6.07) is 0. The second-order valence-electron chi connectivity index (χ2n) is 1.87. The minimum absolute atomic E-state index is 0.302. The summed E-state index contributed by atoms with van der Waals surface area (Å²) in [5.41, 5.74) is 0. The minimum atomic E-state index is -0.673. The summed E-state index contributed by atoms with van der Waals surface area (Å²) in [6.45, 7) is 1.96. The summed E-state index contributed by atoms with van der Waals surface area (Å²) in [5, 5.41) is 8.84. The highest BCUT2D eigenvalue weighted by atomic mass is 16.5. The molecule has 0 rings (SSSR count). The lowest BCUT2D eigenvalue weighted by Gasteiger charge is -1.95. The average Bonchev–Trinajstić information content (AvgIpc) is 1.98. The average molecular weight is 144 g/mol. The van der Waals surface area contributed by atoms with Crippen molar-refractivity contribution in [2.24, 2.45) is 0 Å². The predicted molar refractivity (Wildman–Crippen MR) is 37.6 cm³/mol. The van der Waals surface area contributed by atoms with Crippen molar-refractivity contribution >= 4 is 5.97 Å². The molecule has 0 saturated carbocycles. The number of esters is 1. The van der Waals surface area contributed by atoms with Gasteiger partial charge in [0.1, 0.15) is 0 Å². The maximum absolute atomic E-state index is 10.5. The van der Waals surface area contributed by atoms with Crippen LogP contribution in [0.25, 0.3) is 0 Å². The molecule has 0 radical (unpaired) electrons. The molecule has 0 atom stereocenters. The fourth-order valence-electron chi connectivity index (χ4n) is 0.469. The van der Waals surface area contributed by atoms with E-state index in [9.17, 15) is 4.79 Å². The number of unbranched alkanes of at least 4 members (excludes halogenated alkanes) is 1. The van der Waals surface area contributed by atoms with Crippen molar-refractivity contribution in [3.8, 4) is 0 Å². The highest BCUT2D eigenvalue weighted by molar-refractivity contribution is 5.85. The van der Waals surface area contributed by atoms with E-state index in [1.165, 1.54) is 13.2 Å². The predicted octanol–water partition coefficient (Wildman–Crippen LogP) is 1.40. The third-order valence-electron chi connectivity index (χ3n) is 1.02. The summed E-state index contributed by atoms with van der Waals surface area (Å²) >= 11 is 0. The topological polar surface area (TPSA) is 46.5 Å². The number of aliphatic hydroxyl groups is 1. The van der Waals surface area contributed by atoms with Crippen LogP contribution in [0.5, 0.6) is 0 Å². The third-order valence-corrected chi connectivity index (χ3v) is 1.02. The van der Waals surface area contributed by atoms with Crippen molar-refractivity contribution in [3.63, 3.8) is 0 Å². The highest BCUT2D eigenvalue weighted by Gasteiger charge is 2.03. The Morgan fingerprint density at radius 2 is 2.30 bits per heavy atom. The van der Waals surface area contributed by atoms with Gasteiger partial charge in [0.25, 0.3) is 0 Å². The van der Waals surface area contributed by atoms with Crippen LogP contribution >= 0.6 is 0 Å². The SMILES string of the molecule is CCCC=C(O)C(=O)OC. The van der Waals surface area contributed by atoms with Crippen molar-refractivity contribution in [1.29, 1.82) is 0 Å². The molecular formula is C7H12O3. The van der Waals surface area contributed by atoms with E-state index >= 15 is 0 Å². The van der Waals surface area contributed by atoms with Crippen LogP contribution in [0.2, 0.25) is 0 Å². The lowest BCUT2D eigenvalue weighted by atomic mass is 10.3. The Balaban J connectivity index is 3.80. The summed E-state index contributed by atoms with van der Waals surface area (Å²) in [5.74, 6) is -0.974. The number of methoxy groups -OCH3 is 1. The van der Waals surface area contributed by atoms with Gasteiger partial charge in [-0.05, 0) is 12.5 Å². The number of allylic oxidation sites excluding steroid dienone is 1. The molecule has 0 aliphatic rings. The number of ether oxygens (including phenoxy) is 1. The van der Waals surface area contributed by atoms with Gasteiger partial charge >= 0.3 is 5.97 Å². The van der Waals surface area contributed by atoms with Crippen molar-refractivity contribution in [2.45, 2.75) is 19.8 Å². The van der Waals surface area contributed by atoms with Crippen molar-refractivity contribution in [2.75, 3.05) is 7.11 Å². The highest BCUT2D eigenvalue weighted by Crippen LogP contribution is 1.96. The zero-order valence-corrected chi connectivity index (χ0v) is 6.26. The van der Waals surface area contributed by atoms with Gasteiger partial charge in [-0.2, -0.15) is 0 Å². The van der Waals surface area contributed by atoms with Gasteiger partial charge in [-0.1, -0.05) is 13.3 Å². The first-order valence-corrected chi connectivity index (χ1v) is 3.19. The van der Waals surface area contributed by atoms with E-state index in [0.717, 1.165) is 6.42 Å². The van der Waals surface area contributed by atoms with Gasteiger partial charge < -0.3 is 9.84 Å². The zero-order valence-electron chi connectivity index (χ0n) is 6.26. The Bertz CT molecular complexity index is 138. The Kier molecular flexibility index (Phi) is 4.37. The second-order valence-corrected chi connectivity index (χ2v) is 1.87. The Labute approximate surface area is 60.3 Å². The van der Waals surface area contributed by atoms with E-state index in [2.05, 4.69) is 4.74 Å². The van der Waals surface area contributed by atoms with Crippen LogP contribution in [0.3, 0.4) is 0 Å². The molecule has 0 saturated heterocycles. The summed E-state index contributed by atoms with van der Waals surface area (Å²) in [7, 11) is 1.23. The first-order valence-electron chi connectivity index (χ1n) is 3.19. The molecule has 0 aromatic rings. The van der Waals surface area contributed by atoms with E-state index in [1.807, 2.05) is 6.92 Å². The van der Waals surface area contributed by atoms with Gasteiger partial charge in [0.2, 0.25) is 0 Å². The molecule has 0 aromatic heterocycles. The maximum Gasteiger partial charge on any atom is 0.372 e. The Morgan fingerprint density at radius 3 is 2.70 bits per heavy atom. The molecule has 0 aromatic carbocycles. The van der Waals surface area contributed by atoms with Crippen LogP contribution in [0.15, 0.2) is 11.8 Å². The molecule has 0 aliphatic carbocycles. The number of carbonyl (C=O) groups excluding carboxylic acids is 1. The fourth-order valence-corrected chi connectivity index (χ4v) is 0.469. The molecule has 58 valence electrons. The monoisotopic (exact) mass is 144 g/mol. The van der Waals surface area contributed by atoms with Crippen LogP contribution < -0.4 is 0 Å². The smallest absolute Gasteiger partial charge is 0.372 e. The molecule has 0 amide bonds. The molecule has 0 unspecified atom stereocenters. The van der Waals surface area contributed by atoms with Crippen LogP contribution in [-0.2, 0) is 9.53 Å². The van der Waals surface area contributed by atoms with Crippen LogP contribution in [-0.4, -0.2) is 18.2 Å². The fraction of sp³-hybridized carbons (Fsp3) is 0.571. The third kappa shape index (κ3) is 3.12. The molecule has 0 aliphatic heterocycles. The molecule has 0 spiro atoms. The van der Waals surface area contributed by atoms with E-state index in [1.54, 1.807) is 0 Å². The molecule has 3 heteroatoms. The molecule has 10 heavy (non-hydrogen) atoms. The van der Waals surface area contributed by atoms with Gasteiger partial charge in [0.05, 0.1) is 7.11 Å². The van der Waals surface area contributed by atoms with E-state index in [4.69, 9.17) is 5.11 Å². The molecule has 0 heterocycles. The van der Waals surface area contributed by atoms with Crippen LogP contribution in [0.4, 0.5) is 0 Å². The zero-order chi connectivity index (χ0) is 7.98. The minimum Gasteiger partial charge on any atom is -0.502 e. The number of aliphatic hydroxyl groups excluding tert-OH is 1. The lowest BCUT2D eigenvalue weighted by molar-refractivity contribution is -0.139. The van der Waals surface area contributed by atoms with Gasteiger partial charge in [-0.15, -0.1) is 0 Å². The first-order chi connectivity index (χ1) is 4.72. The molecule has 0 bridgehead atoms. The quantitative estimate of drug-likeness (QED) is 0.370. The largest absolute Gasteiger partial charge is 0.502 e. The van der Waals surface area contributed by atoms with Crippen molar-refractivity contribution in [3.05, 3.63) is 11.8 Å². The van der Waals surface area contributed by atoms with Crippen LogP contribution in [0.1, 0.15) is 19.8 Å². The number of rotatable bonds is 3. The Morgan fingerprint density at radius 1 is 1.70 bits per heavy atom. The number of carbonyl (C=O) groups is 1. The first kappa shape index (κ1) is 9.01. The molecule has 3 nitrogen and oxygen atoms in total. The van der Waals surface area contributed by atoms with E-state index in [-0.39, 0.29) is 5.76 Å². The van der Waals surface area contributed by atoms with Gasteiger partial charge in [0.15, 0.2) is 5.76 Å². The normalized spacial score (nSPS) is 11.2. The Hall–Kier alpha value is -0.990. The standard InChI is InChI=1S/C7H12O3/c1-3-4-5-6(8)7(9)10-2/h5,8H,3-4H2,1-2H3. The summed E-state index contributed by atoms with van der Waals surface area (Å²) in [4.78, 5) is 10.5. The lowest BCUT2D eigenvalue weighted by Crippen LogP contribution is -2.03. The summed E-state index contributed by atoms with van der Waals surface area (Å²) in [6.07, 6.45) is 3.05. The molecular weight excluding hydrogens is 132 g/mol. The van der Waals surface area contributed by atoms with E-state index < -0.39 is 5.97 Å². The number of hydrogen-bond acceptors (Lipinski definition) is 3. The maximum atomic E-state index is 10.5. The van der Waals surface area contributed by atoms with Crippen molar-refractivity contribution in [1.82, 2.24) is 0 Å². The second kappa shape index (κ2) is 4.85. The van der Waals surface area contributed by atoms with Crippen molar-refractivity contribution < 1.29 is 14.6 Å². The van der Waals surface area contributed by atoms with Gasteiger partial charge in [-0.3, -0.25) is 0 Å². The summed E-state index contributed by atoms with van der Waals surface area (Å²) < 4.78 is 4.25. The van der Waals surface area contributed by atoms with Gasteiger partial charge in [0, 0.05) is 0 Å². The van der Waals surface area contributed by atoms with E-state index in [0.29, 0.717) is 6.42 Å². The van der Waals surface area contributed by atoms with Crippen LogP contribution in [0, 0.1) is 0 Å². The van der Waals surface area contributed by atoms with Gasteiger partial charge in [-0.25, -0.2) is 4.79 Å².